The molecule has 0 aliphatic heterocycles. The molecule has 0 spiro atoms. The smallest absolute Gasteiger partial charge is 0.306 e. The van der Waals surface area contributed by atoms with Crippen LogP contribution in [0.5, 0.6) is 5.88 Å². The van der Waals surface area contributed by atoms with Crippen LogP contribution in [0.3, 0.4) is 0 Å². The second-order valence-electron chi connectivity index (χ2n) is 3.61. The van der Waals surface area contributed by atoms with E-state index in [1.165, 1.54) is 0 Å². The molecule has 6 heteroatoms. The van der Waals surface area contributed by atoms with Crippen molar-refractivity contribution in [3.8, 4) is 5.88 Å². The van der Waals surface area contributed by atoms with Gasteiger partial charge in [0.15, 0.2) is 0 Å². The lowest BCUT2D eigenvalue weighted by Gasteiger charge is -2.08. The normalized spacial score (nSPS) is 11.9. The van der Waals surface area contributed by atoms with E-state index in [-0.39, 0.29) is 5.92 Å². The quantitative estimate of drug-likeness (QED) is 0.748. The van der Waals surface area contributed by atoms with Gasteiger partial charge in [0, 0.05) is 18.8 Å². The zero-order valence-corrected chi connectivity index (χ0v) is 10.0. The van der Waals surface area contributed by atoms with Gasteiger partial charge in [-0.15, -0.1) is 0 Å². The number of aliphatic carboxylic acids is 1. The molecule has 0 radical (unpaired) electrons. The van der Waals surface area contributed by atoms with Crippen LogP contribution in [0.1, 0.15) is 20.3 Å². The molecule has 0 bridgehead atoms. The Hall–Kier alpha value is -1.85. The molecule has 1 heterocycles. The molecular formula is C11H17N3O3. The van der Waals surface area contributed by atoms with Gasteiger partial charge in [0.25, 0.3) is 0 Å². The van der Waals surface area contributed by atoms with Crippen LogP contribution < -0.4 is 10.1 Å². The molecule has 0 saturated heterocycles. The molecule has 0 fully saturated rings. The number of carbonyl (C=O) groups is 1. The van der Waals surface area contributed by atoms with Gasteiger partial charge in [0.2, 0.25) is 11.8 Å². The van der Waals surface area contributed by atoms with E-state index in [1.807, 2.05) is 6.92 Å². The zero-order chi connectivity index (χ0) is 12.7. The number of carboxylic acids is 1. The van der Waals surface area contributed by atoms with Crippen LogP contribution in [0.25, 0.3) is 0 Å². The average Bonchev–Trinajstić information content (AvgIpc) is 2.29. The molecule has 17 heavy (non-hydrogen) atoms. The van der Waals surface area contributed by atoms with E-state index < -0.39 is 5.97 Å². The monoisotopic (exact) mass is 239 g/mol. The third-order valence-electron chi connectivity index (χ3n) is 2.20. The van der Waals surface area contributed by atoms with Crippen LogP contribution >= 0.6 is 0 Å². The van der Waals surface area contributed by atoms with E-state index >= 15 is 0 Å². The zero-order valence-electron chi connectivity index (χ0n) is 10.0. The van der Waals surface area contributed by atoms with Crippen LogP contribution in [0, 0.1) is 5.92 Å². The summed E-state index contributed by atoms with van der Waals surface area (Å²) in [5.74, 6) is -0.210. The summed E-state index contributed by atoms with van der Waals surface area (Å²) >= 11 is 0. The molecule has 0 saturated carbocycles. The summed E-state index contributed by atoms with van der Waals surface area (Å²) in [6.07, 6.45) is 2.12. The number of hydrogen-bond donors (Lipinski definition) is 2. The van der Waals surface area contributed by atoms with Crippen LogP contribution in [0.15, 0.2) is 12.3 Å². The van der Waals surface area contributed by atoms with Gasteiger partial charge >= 0.3 is 5.97 Å². The van der Waals surface area contributed by atoms with Crippen molar-refractivity contribution < 1.29 is 14.6 Å². The third-order valence-corrected chi connectivity index (χ3v) is 2.20. The van der Waals surface area contributed by atoms with E-state index in [2.05, 4.69) is 15.3 Å². The average molecular weight is 239 g/mol. The van der Waals surface area contributed by atoms with Crippen molar-refractivity contribution in [3.05, 3.63) is 12.3 Å². The van der Waals surface area contributed by atoms with Crippen molar-refractivity contribution >= 4 is 11.9 Å². The van der Waals surface area contributed by atoms with Gasteiger partial charge in [0.1, 0.15) is 0 Å². The second kappa shape index (κ2) is 6.67. The molecule has 1 atom stereocenters. The SMILES string of the molecule is CCOc1ccnc(NCCC(C)C(=O)O)n1. The van der Waals surface area contributed by atoms with Crippen LogP contribution in [-0.2, 0) is 4.79 Å². The molecule has 0 aliphatic rings. The van der Waals surface area contributed by atoms with Crippen molar-refractivity contribution in [1.82, 2.24) is 9.97 Å². The highest BCUT2D eigenvalue weighted by Gasteiger charge is 2.10. The lowest BCUT2D eigenvalue weighted by molar-refractivity contribution is -0.141. The Kier molecular flexibility index (Phi) is 5.19. The van der Waals surface area contributed by atoms with Crippen molar-refractivity contribution in [2.24, 2.45) is 5.92 Å². The number of rotatable bonds is 7. The van der Waals surface area contributed by atoms with Crippen LogP contribution in [0.2, 0.25) is 0 Å². The minimum Gasteiger partial charge on any atom is -0.481 e. The molecule has 0 aliphatic carbocycles. The standard InChI is InChI=1S/C11H17N3O3/c1-3-17-9-5-7-13-11(14-9)12-6-4-8(2)10(15)16/h5,7-8H,3-4,6H2,1-2H3,(H,15,16)(H,12,13,14). The van der Waals surface area contributed by atoms with Crippen molar-refractivity contribution in [2.75, 3.05) is 18.5 Å². The Labute approximate surface area is 100 Å². The van der Waals surface area contributed by atoms with Gasteiger partial charge in [0.05, 0.1) is 12.5 Å². The minimum atomic E-state index is -0.796. The van der Waals surface area contributed by atoms with E-state index in [4.69, 9.17) is 9.84 Å². The predicted octanol–water partition coefficient (Wildman–Crippen LogP) is 1.40. The minimum absolute atomic E-state index is 0.377. The number of aromatic nitrogens is 2. The number of anilines is 1. The summed E-state index contributed by atoms with van der Waals surface area (Å²) in [6, 6.07) is 1.68. The largest absolute Gasteiger partial charge is 0.481 e. The topological polar surface area (TPSA) is 84.3 Å². The first-order chi connectivity index (χ1) is 8.13. The summed E-state index contributed by atoms with van der Waals surface area (Å²) in [5, 5.41) is 11.7. The predicted molar refractivity (Wildman–Crippen MR) is 63.1 cm³/mol. The number of hydrogen-bond acceptors (Lipinski definition) is 5. The number of ether oxygens (including phenoxy) is 1. The van der Waals surface area contributed by atoms with E-state index in [0.29, 0.717) is 31.4 Å². The Bertz CT molecular complexity index is 371. The number of nitrogens with one attached hydrogen (secondary N) is 1. The molecule has 0 amide bonds. The Balaban J connectivity index is 2.41. The molecular weight excluding hydrogens is 222 g/mol. The first kappa shape index (κ1) is 13.2. The maximum atomic E-state index is 10.6. The maximum absolute atomic E-state index is 10.6. The second-order valence-corrected chi connectivity index (χ2v) is 3.61. The first-order valence-electron chi connectivity index (χ1n) is 5.56. The summed E-state index contributed by atoms with van der Waals surface area (Å²) in [7, 11) is 0. The molecule has 94 valence electrons. The van der Waals surface area contributed by atoms with Crippen molar-refractivity contribution in [1.29, 1.82) is 0 Å². The fourth-order valence-electron chi connectivity index (χ4n) is 1.18. The lowest BCUT2D eigenvalue weighted by Crippen LogP contribution is -2.15. The molecule has 1 rings (SSSR count). The first-order valence-corrected chi connectivity index (χ1v) is 5.56. The van der Waals surface area contributed by atoms with E-state index in [1.54, 1.807) is 19.2 Å². The highest BCUT2D eigenvalue weighted by atomic mass is 16.5. The van der Waals surface area contributed by atoms with Crippen LogP contribution in [-0.4, -0.2) is 34.2 Å². The maximum Gasteiger partial charge on any atom is 0.306 e. The van der Waals surface area contributed by atoms with Crippen LogP contribution in [0.4, 0.5) is 5.95 Å². The van der Waals surface area contributed by atoms with Crippen molar-refractivity contribution in [2.45, 2.75) is 20.3 Å². The van der Waals surface area contributed by atoms with Gasteiger partial charge < -0.3 is 15.2 Å². The summed E-state index contributed by atoms with van der Waals surface area (Å²) in [6.45, 7) is 4.61. The van der Waals surface area contributed by atoms with E-state index in [0.717, 1.165) is 0 Å². The molecule has 1 aromatic rings. The molecule has 0 aromatic carbocycles. The molecule has 2 N–H and O–H groups in total. The fourth-order valence-corrected chi connectivity index (χ4v) is 1.18. The van der Waals surface area contributed by atoms with E-state index in [9.17, 15) is 4.79 Å². The van der Waals surface area contributed by atoms with Gasteiger partial charge in [-0.05, 0) is 13.3 Å². The van der Waals surface area contributed by atoms with Gasteiger partial charge in [-0.3, -0.25) is 4.79 Å². The Morgan fingerprint density at radius 2 is 2.41 bits per heavy atom. The van der Waals surface area contributed by atoms with Gasteiger partial charge in [-0.25, -0.2) is 4.98 Å². The Morgan fingerprint density at radius 1 is 1.65 bits per heavy atom. The number of nitrogens with zero attached hydrogens (tertiary/aromatic N) is 2. The lowest BCUT2D eigenvalue weighted by atomic mass is 10.1. The van der Waals surface area contributed by atoms with Crippen molar-refractivity contribution in [3.63, 3.8) is 0 Å². The molecule has 1 aromatic heterocycles. The number of carboxylic acid groups (broad SMARTS) is 1. The van der Waals surface area contributed by atoms with Gasteiger partial charge in [-0.2, -0.15) is 4.98 Å². The fraction of sp³-hybridized carbons (Fsp3) is 0.545. The van der Waals surface area contributed by atoms with Gasteiger partial charge in [-0.1, -0.05) is 6.92 Å². The summed E-state index contributed by atoms with van der Waals surface area (Å²) < 4.78 is 5.23. The summed E-state index contributed by atoms with van der Waals surface area (Å²) in [4.78, 5) is 18.7. The molecule has 6 nitrogen and oxygen atoms in total. The highest BCUT2D eigenvalue weighted by Crippen LogP contribution is 2.09. The summed E-state index contributed by atoms with van der Waals surface area (Å²) in [5.41, 5.74) is 0. The highest BCUT2D eigenvalue weighted by molar-refractivity contribution is 5.69. The molecule has 1 unspecified atom stereocenters. The third kappa shape index (κ3) is 4.67. The Morgan fingerprint density at radius 3 is 3.06 bits per heavy atom.